The number of hydrogen-bond acceptors (Lipinski definition) is 3. The lowest BCUT2D eigenvalue weighted by Gasteiger charge is -2.57. The van der Waals surface area contributed by atoms with Gasteiger partial charge in [0.25, 0.3) is 0 Å². The summed E-state index contributed by atoms with van der Waals surface area (Å²) in [6, 6.07) is 0.652. The smallest absolute Gasteiger partial charge is 0.157 e. The third kappa shape index (κ3) is 2.34. The van der Waals surface area contributed by atoms with Gasteiger partial charge in [0, 0.05) is 24.4 Å². The van der Waals surface area contributed by atoms with Gasteiger partial charge in [-0.3, -0.25) is 4.68 Å². The molecule has 2 atom stereocenters. The maximum atomic E-state index is 6.28. The Bertz CT molecular complexity index is 437. The van der Waals surface area contributed by atoms with Gasteiger partial charge in [0.2, 0.25) is 0 Å². The van der Waals surface area contributed by atoms with E-state index in [0.29, 0.717) is 17.6 Å². The number of ether oxygens (including phenoxy) is 1. The molecular formula is C16H27N3O. The zero-order valence-corrected chi connectivity index (χ0v) is 12.8. The summed E-state index contributed by atoms with van der Waals surface area (Å²) in [6.45, 7) is 6.27. The van der Waals surface area contributed by atoms with Gasteiger partial charge in [-0.05, 0) is 26.3 Å². The number of nitrogens with one attached hydrogen (secondary N) is 1. The van der Waals surface area contributed by atoms with E-state index in [-0.39, 0.29) is 0 Å². The summed E-state index contributed by atoms with van der Waals surface area (Å²) in [5.41, 5.74) is 0.378. The molecule has 0 bridgehead atoms. The molecular weight excluding hydrogens is 250 g/mol. The van der Waals surface area contributed by atoms with Crippen LogP contribution in [0.5, 0.6) is 5.75 Å². The Kier molecular flexibility index (Phi) is 4.01. The van der Waals surface area contributed by atoms with E-state index in [9.17, 15) is 0 Å². The average Bonchev–Trinajstić information content (AvgIpc) is 2.95. The Morgan fingerprint density at radius 3 is 2.80 bits per heavy atom. The fraction of sp³-hybridized carbons (Fsp3) is 0.812. The number of aryl methyl sites for hydroxylation is 1. The van der Waals surface area contributed by atoms with Gasteiger partial charge in [-0.2, -0.15) is 5.10 Å². The van der Waals surface area contributed by atoms with Crippen molar-refractivity contribution in [3.05, 3.63) is 12.4 Å². The van der Waals surface area contributed by atoms with Crippen LogP contribution in [0.25, 0.3) is 0 Å². The molecule has 2 fully saturated rings. The molecule has 1 aromatic rings. The maximum Gasteiger partial charge on any atom is 0.157 e. The predicted molar refractivity (Wildman–Crippen MR) is 79.9 cm³/mol. The van der Waals surface area contributed by atoms with E-state index < -0.39 is 0 Å². The van der Waals surface area contributed by atoms with Crippen LogP contribution in [0.2, 0.25) is 0 Å². The zero-order chi connectivity index (χ0) is 14.0. The van der Waals surface area contributed by atoms with Crippen LogP contribution >= 0.6 is 0 Å². The standard InChI is InChI=1S/C16H27N3O/c1-3-17-14-10-15(16(14)8-6-5-7-9-16)20-13-11-18-19(4-2)12-13/h11-12,14-15,17H,3-10H2,1-2H3. The first-order valence-corrected chi connectivity index (χ1v) is 8.21. The topological polar surface area (TPSA) is 39.1 Å². The van der Waals surface area contributed by atoms with Crippen LogP contribution in [-0.2, 0) is 6.54 Å². The maximum absolute atomic E-state index is 6.28. The van der Waals surface area contributed by atoms with E-state index in [1.54, 1.807) is 0 Å². The molecule has 2 aliphatic carbocycles. The van der Waals surface area contributed by atoms with E-state index >= 15 is 0 Å². The molecule has 20 heavy (non-hydrogen) atoms. The molecule has 2 saturated carbocycles. The van der Waals surface area contributed by atoms with Crippen LogP contribution in [0.15, 0.2) is 12.4 Å². The lowest BCUT2D eigenvalue weighted by Crippen LogP contribution is -2.65. The van der Waals surface area contributed by atoms with Crippen LogP contribution in [0.4, 0.5) is 0 Å². The number of nitrogens with zero attached hydrogens (tertiary/aromatic N) is 2. The van der Waals surface area contributed by atoms with Crippen molar-refractivity contribution in [2.24, 2.45) is 5.41 Å². The summed E-state index contributed by atoms with van der Waals surface area (Å²) in [4.78, 5) is 0. The van der Waals surface area contributed by atoms with Gasteiger partial charge in [-0.15, -0.1) is 0 Å². The molecule has 1 N–H and O–H groups in total. The summed E-state index contributed by atoms with van der Waals surface area (Å²) in [5, 5.41) is 7.98. The first-order chi connectivity index (χ1) is 9.78. The molecule has 0 aliphatic heterocycles. The molecule has 1 heterocycles. The van der Waals surface area contributed by atoms with Crippen LogP contribution in [0.3, 0.4) is 0 Å². The van der Waals surface area contributed by atoms with E-state index in [1.165, 1.54) is 32.1 Å². The van der Waals surface area contributed by atoms with E-state index in [2.05, 4.69) is 24.3 Å². The van der Waals surface area contributed by atoms with Gasteiger partial charge in [0.05, 0.1) is 12.4 Å². The van der Waals surface area contributed by atoms with Crippen molar-refractivity contribution in [1.82, 2.24) is 15.1 Å². The summed E-state index contributed by atoms with van der Waals surface area (Å²) >= 11 is 0. The highest BCUT2D eigenvalue weighted by Gasteiger charge is 2.56. The van der Waals surface area contributed by atoms with E-state index in [1.807, 2.05) is 17.1 Å². The minimum atomic E-state index is 0.376. The van der Waals surface area contributed by atoms with Crippen LogP contribution in [0.1, 0.15) is 52.4 Å². The third-order valence-corrected chi connectivity index (χ3v) is 5.23. The van der Waals surface area contributed by atoms with E-state index in [4.69, 9.17) is 4.74 Å². The normalized spacial score (nSPS) is 28.3. The third-order valence-electron chi connectivity index (χ3n) is 5.23. The average molecular weight is 277 g/mol. The number of hydrogen-bond donors (Lipinski definition) is 1. The molecule has 1 spiro atoms. The van der Waals surface area contributed by atoms with Gasteiger partial charge in [-0.1, -0.05) is 26.2 Å². The molecule has 3 rings (SSSR count). The number of rotatable bonds is 5. The lowest BCUT2D eigenvalue weighted by atomic mass is 9.55. The Labute approximate surface area is 121 Å². The zero-order valence-electron chi connectivity index (χ0n) is 12.8. The highest BCUT2D eigenvalue weighted by molar-refractivity contribution is 5.17. The Morgan fingerprint density at radius 1 is 1.35 bits per heavy atom. The van der Waals surface area contributed by atoms with Crippen molar-refractivity contribution in [2.45, 2.75) is 71.1 Å². The minimum absolute atomic E-state index is 0.376. The SMILES string of the molecule is CCNC1CC(Oc2cnn(CC)c2)C12CCCCC2. The van der Waals surface area contributed by atoms with E-state index in [0.717, 1.165) is 25.3 Å². The second kappa shape index (κ2) is 5.76. The van der Waals surface area contributed by atoms with Gasteiger partial charge < -0.3 is 10.1 Å². The van der Waals surface area contributed by atoms with Crippen LogP contribution < -0.4 is 10.1 Å². The summed E-state index contributed by atoms with van der Waals surface area (Å²) in [6.07, 6.45) is 12.1. The molecule has 112 valence electrons. The van der Waals surface area contributed by atoms with Crippen LogP contribution in [-0.4, -0.2) is 28.5 Å². The quantitative estimate of drug-likeness (QED) is 0.899. The highest BCUT2D eigenvalue weighted by Crippen LogP contribution is 2.53. The molecule has 0 aromatic carbocycles. The second-order valence-electron chi connectivity index (χ2n) is 6.28. The largest absolute Gasteiger partial charge is 0.486 e. The van der Waals surface area contributed by atoms with Crippen molar-refractivity contribution in [3.63, 3.8) is 0 Å². The van der Waals surface area contributed by atoms with Crippen LogP contribution in [0, 0.1) is 5.41 Å². The van der Waals surface area contributed by atoms with Crippen molar-refractivity contribution >= 4 is 0 Å². The van der Waals surface area contributed by atoms with Gasteiger partial charge in [0.1, 0.15) is 6.10 Å². The van der Waals surface area contributed by atoms with Crippen molar-refractivity contribution < 1.29 is 4.74 Å². The summed E-state index contributed by atoms with van der Waals surface area (Å²) in [7, 11) is 0. The monoisotopic (exact) mass is 277 g/mol. The first kappa shape index (κ1) is 13.9. The summed E-state index contributed by atoms with van der Waals surface area (Å²) < 4.78 is 8.21. The van der Waals surface area contributed by atoms with Crippen molar-refractivity contribution in [1.29, 1.82) is 0 Å². The van der Waals surface area contributed by atoms with Gasteiger partial charge in [0.15, 0.2) is 5.75 Å². The molecule has 0 amide bonds. The minimum Gasteiger partial charge on any atom is -0.486 e. The molecule has 0 radical (unpaired) electrons. The molecule has 1 aromatic heterocycles. The highest BCUT2D eigenvalue weighted by atomic mass is 16.5. The Morgan fingerprint density at radius 2 is 2.15 bits per heavy atom. The fourth-order valence-electron chi connectivity index (χ4n) is 4.07. The van der Waals surface area contributed by atoms with Crippen molar-refractivity contribution in [3.8, 4) is 5.75 Å². The molecule has 2 aliphatic rings. The van der Waals surface area contributed by atoms with Gasteiger partial charge in [-0.25, -0.2) is 0 Å². The lowest BCUT2D eigenvalue weighted by molar-refractivity contribution is -0.102. The second-order valence-corrected chi connectivity index (χ2v) is 6.28. The number of aromatic nitrogens is 2. The molecule has 4 heteroatoms. The Hall–Kier alpha value is -1.03. The Balaban J connectivity index is 1.69. The predicted octanol–water partition coefficient (Wildman–Crippen LogP) is 2.98. The molecule has 0 saturated heterocycles. The summed E-state index contributed by atoms with van der Waals surface area (Å²) in [5.74, 6) is 0.941. The fourth-order valence-corrected chi connectivity index (χ4v) is 4.07. The van der Waals surface area contributed by atoms with Crippen molar-refractivity contribution in [2.75, 3.05) is 6.54 Å². The first-order valence-electron chi connectivity index (χ1n) is 8.21. The molecule has 2 unspecified atom stereocenters. The molecule has 4 nitrogen and oxygen atoms in total. The van der Waals surface area contributed by atoms with Gasteiger partial charge >= 0.3 is 0 Å².